The van der Waals surface area contributed by atoms with Crippen LogP contribution in [-0.4, -0.2) is 48.1 Å². The number of pyridine rings is 1. The van der Waals surface area contributed by atoms with Crippen molar-refractivity contribution < 1.29 is 13.2 Å². The molecule has 2 heterocycles. The molecule has 0 saturated carbocycles. The van der Waals surface area contributed by atoms with E-state index in [1.54, 1.807) is 47.4 Å². The third-order valence-corrected chi connectivity index (χ3v) is 7.08. The number of nitriles is 1. The lowest BCUT2D eigenvalue weighted by Crippen LogP contribution is -2.51. The molecule has 0 spiro atoms. The van der Waals surface area contributed by atoms with Gasteiger partial charge < -0.3 is 4.90 Å². The number of halogens is 1. The number of piperazine rings is 1. The standard InChI is InChI=1S/C21H17ClN4O3S/c22-18-4-2-17-10-20(6-3-16(17)9-18)30(28,29)26-8-7-25(21(27)14-26)13-19-5-1-15(11-23)12-24-19/h1-6,9-10,12H,7-8,13-14H2. The zero-order chi connectivity index (χ0) is 21.3. The van der Waals surface area contributed by atoms with Crippen LogP contribution in [0.1, 0.15) is 11.3 Å². The summed E-state index contributed by atoms with van der Waals surface area (Å²) in [7, 11) is -3.80. The monoisotopic (exact) mass is 440 g/mol. The Kier molecular flexibility index (Phi) is 5.43. The summed E-state index contributed by atoms with van der Waals surface area (Å²) in [6.45, 7) is 0.512. The van der Waals surface area contributed by atoms with Gasteiger partial charge in [-0.05, 0) is 47.2 Å². The largest absolute Gasteiger partial charge is 0.334 e. The predicted octanol–water partition coefficient (Wildman–Crippen LogP) is 2.79. The molecule has 0 radical (unpaired) electrons. The Balaban J connectivity index is 1.49. The minimum atomic E-state index is -3.80. The topological polar surface area (TPSA) is 94.4 Å². The van der Waals surface area contributed by atoms with Gasteiger partial charge in [-0.25, -0.2) is 8.42 Å². The Bertz CT molecular complexity index is 1270. The lowest BCUT2D eigenvalue weighted by Gasteiger charge is -2.33. The maximum Gasteiger partial charge on any atom is 0.243 e. The Labute approximate surface area is 179 Å². The van der Waals surface area contributed by atoms with Crippen molar-refractivity contribution in [2.45, 2.75) is 11.4 Å². The van der Waals surface area contributed by atoms with Crippen LogP contribution in [-0.2, 0) is 21.4 Å². The fraction of sp³-hybridized carbons (Fsp3) is 0.190. The number of rotatable bonds is 4. The lowest BCUT2D eigenvalue weighted by molar-refractivity contribution is -0.134. The van der Waals surface area contributed by atoms with Crippen molar-refractivity contribution >= 4 is 38.3 Å². The molecule has 1 amide bonds. The van der Waals surface area contributed by atoms with Gasteiger partial charge in [0.15, 0.2) is 0 Å². The van der Waals surface area contributed by atoms with Crippen LogP contribution in [0.3, 0.4) is 0 Å². The molecule has 0 unspecified atom stereocenters. The maximum atomic E-state index is 13.1. The highest BCUT2D eigenvalue weighted by Gasteiger charge is 2.33. The summed E-state index contributed by atoms with van der Waals surface area (Å²) in [6.07, 6.45) is 1.45. The molecule has 1 saturated heterocycles. The Morgan fingerprint density at radius 2 is 1.83 bits per heavy atom. The highest BCUT2D eigenvalue weighted by molar-refractivity contribution is 7.89. The van der Waals surface area contributed by atoms with Gasteiger partial charge in [-0.1, -0.05) is 23.7 Å². The van der Waals surface area contributed by atoms with Crippen LogP contribution >= 0.6 is 11.6 Å². The van der Waals surface area contributed by atoms with E-state index < -0.39 is 10.0 Å². The van der Waals surface area contributed by atoms with Gasteiger partial charge in [0.1, 0.15) is 6.07 Å². The number of benzene rings is 2. The van der Waals surface area contributed by atoms with Gasteiger partial charge in [0, 0.05) is 24.3 Å². The zero-order valence-corrected chi connectivity index (χ0v) is 17.4. The Morgan fingerprint density at radius 3 is 2.53 bits per heavy atom. The van der Waals surface area contributed by atoms with Gasteiger partial charge in [-0.15, -0.1) is 0 Å². The summed E-state index contributed by atoms with van der Waals surface area (Å²) in [5.41, 5.74) is 1.09. The normalized spacial score (nSPS) is 15.3. The van der Waals surface area contributed by atoms with Crippen molar-refractivity contribution in [2.75, 3.05) is 19.6 Å². The molecular formula is C21H17ClN4O3S. The number of hydrogen-bond donors (Lipinski definition) is 0. The molecule has 4 rings (SSSR count). The van der Waals surface area contributed by atoms with E-state index in [1.807, 2.05) is 6.07 Å². The van der Waals surface area contributed by atoms with Crippen molar-refractivity contribution in [1.82, 2.24) is 14.2 Å². The molecule has 9 heteroatoms. The number of fused-ring (bicyclic) bond motifs is 1. The summed E-state index contributed by atoms with van der Waals surface area (Å²) in [6, 6.07) is 15.4. The van der Waals surface area contributed by atoms with Gasteiger partial charge in [0.05, 0.1) is 29.2 Å². The molecule has 3 aromatic rings. The zero-order valence-electron chi connectivity index (χ0n) is 15.8. The highest BCUT2D eigenvalue weighted by Crippen LogP contribution is 2.25. The summed E-state index contributed by atoms with van der Waals surface area (Å²) in [5.74, 6) is -0.288. The molecule has 0 atom stereocenters. The van der Waals surface area contributed by atoms with E-state index in [0.717, 1.165) is 10.8 Å². The highest BCUT2D eigenvalue weighted by atomic mass is 35.5. The fourth-order valence-corrected chi connectivity index (χ4v) is 4.94. The van der Waals surface area contributed by atoms with E-state index in [-0.39, 0.29) is 37.0 Å². The van der Waals surface area contributed by atoms with Gasteiger partial charge in [-0.2, -0.15) is 9.57 Å². The van der Waals surface area contributed by atoms with Crippen LogP contribution in [0.25, 0.3) is 10.8 Å². The Hall–Kier alpha value is -2.99. The molecule has 0 aliphatic carbocycles. The van der Waals surface area contributed by atoms with Crippen LogP contribution in [0.4, 0.5) is 0 Å². The van der Waals surface area contributed by atoms with Crippen molar-refractivity contribution in [2.24, 2.45) is 0 Å². The number of sulfonamides is 1. The molecule has 2 aromatic carbocycles. The Morgan fingerprint density at radius 1 is 1.07 bits per heavy atom. The van der Waals surface area contributed by atoms with Crippen LogP contribution in [0.5, 0.6) is 0 Å². The van der Waals surface area contributed by atoms with E-state index in [4.69, 9.17) is 16.9 Å². The number of amides is 1. The smallest absolute Gasteiger partial charge is 0.243 e. The average molecular weight is 441 g/mol. The van der Waals surface area contributed by atoms with Crippen molar-refractivity contribution in [3.05, 3.63) is 71.0 Å². The molecule has 7 nitrogen and oxygen atoms in total. The first-order valence-electron chi connectivity index (χ1n) is 9.19. The molecule has 1 aliphatic rings. The molecular weight excluding hydrogens is 424 g/mol. The van der Waals surface area contributed by atoms with Gasteiger partial charge in [-0.3, -0.25) is 9.78 Å². The summed E-state index contributed by atoms with van der Waals surface area (Å²) in [5, 5.41) is 11.0. The van der Waals surface area contributed by atoms with E-state index in [2.05, 4.69) is 4.98 Å². The van der Waals surface area contributed by atoms with E-state index in [1.165, 1.54) is 16.6 Å². The van der Waals surface area contributed by atoms with Crippen LogP contribution < -0.4 is 0 Å². The van der Waals surface area contributed by atoms with E-state index in [9.17, 15) is 13.2 Å². The second-order valence-electron chi connectivity index (χ2n) is 6.96. The average Bonchev–Trinajstić information content (AvgIpc) is 2.75. The minimum Gasteiger partial charge on any atom is -0.334 e. The molecule has 1 aromatic heterocycles. The SMILES string of the molecule is N#Cc1ccc(CN2CCN(S(=O)(=O)c3ccc4cc(Cl)ccc4c3)CC2=O)nc1. The third-order valence-electron chi connectivity index (χ3n) is 5.00. The first-order chi connectivity index (χ1) is 14.4. The van der Waals surface area contributed by atoms with Gasteiger partial charge in [0.2, 0.25) is 15.9 Å². The van der Waals surface area contributed by atoms with E-state index in [0.29, 0.717) is 16.3 Å². The molecule has 1 fully saturated rings. The molecule has 30 heavy (non-hydrogen) atoms. The van der Waals surface area contributed by atoms with Crippen LogP contribution in [0.2, 0.25) is 5.02 Å². The fourth-order valence-electron chi connectivity index (χ4n) is 3.34. The number of carbonyl (C=O) groups is 1. The molecule has 152 valence electrons. The summed E-state index contributed by atoms with van der Waals surface area (Å²) in [4.78, 5) is 18.5. The second kappa shape index (κ2) is 8.03. The summed E-state index contributed by atoms with van der Waals surface area (Å²) < 4.78 is 27.3. The first kappa shape index (κ1) is 20.3. The lowest BCUT2D eigenvalue weighted by atomic mass is 10.1. The number of hydrogen-bond acceptors (Lipinski definition) is 5. The molecule has 0 bridgehead atoms. The van der Waals surface area contributed by atoms with Gasteiger partial charge >= 0.3 is 0 Å². The van der Waals surface area contributed by atoms with Gasteiger partial charge in [0.25, 0.3) is 0 Å². The van der Waals surface area contributed by atoms with Crippen LogP contribution in [0, 0.1) is 11.3 Å². The number of carbonyl (C=O) groups excluding carboxylic acids is 1. The molecule has 0 N–H and O–H groups in total. The van der Waals surface area contributed by atoms with E-state index >= 15 is 0 Å². The quantitative estimate of drug-likeness (QED) is 0.621. The third kappa shape index (κ3) is 4.00. The maximum absolute atomic E-state index is 13.1. The second-order valence-corrected chi connectivity index (χ2v) is 9.33. The van der Waals surface area contributed by atoms with Crippen LogP contribution in [0.15, 0.2) is 59.6 Å². The summed E-state index contributed by atoms with van der Waals surface area (Å²) >= 11 is 5.99. The number of aromatic nitrogens is 1. The van der Waals surface area contributed by atoms with Crippen molar-refractivity contribution in [3.63, 3.8) is 0 Å². The molecule has 1 aliphatic heterocycles. The predicted molar refractivity (Wildman–Crippen MR) is 112 cm³/mol. The minimum absolute atomic E-state index is 0.146. The van der Waals surface area contributed by atoms with Crippen molar-refractivity contribution in [1.29, 1.82) is 5.26 Å². The number of nitrogens with zero attached hydrogens (tertiary/aromatic N) is 4. The first-order valence-corrected chi connectivity index (χ1v) is 11.0. The van der Waals surface area contributed by atoms with Crippen molar-refractivity contribution in [3.8, 4) is 6.07 Å².